The Morgan fingerprint density at radius 3 is 2.94 bits per heavy atom. The van der Waals surface area contributed by atoms with E-state index in [2.05, 4.69) is 35.7 Å². The molecular formula is C13H24N4O. The van der Waals surface area contributed by atoms with Crippen LogP contribution >= 0.6 is 0 Å². The lowest BCUT2D eigenvalue weighted by Gasteiger charge is -2.21. The molecule has 1 aromatic rings. The number of hydrogen-bond donors (Lipinski definition) is 1. The zero-order valence-corrected chi connectivity index (χ0v) is 11.4. The van der Waals surface area contributed by atoms with Gasteiger partial charge < -0.3 is 10.1 Å². The van der Waals surface area contributed by atoms with Crippen LogP contribution in [-0.2, 0) is 17.8 Å². The minimum absolute atomic E-state index is 0.669. The summed E-state index contributed by atoms with van der Waals surface area (Å²) in [4.78, 5) is 0. The van der Waals surface area contributed by atoms with Crippen molar-refractivity contribution >= 4 is 0 Å². The monoisotopic (exact) mass is 252 g/mol. The Morgan fingerprint density at radius 2 is 2.22 bits per heavy atom. The molecule has 0 radical (unpaired) electrons. The van der Waals surface area contributed by atoms with Crippen molar-refractivity contribution in [1.82, 2.24) is 20.3 Å². The molecule has 0 aliphatic carbocycles. The Bertz CT molecular complexity index is 345. The summed E-state index contributed by atoms with van der Waals surface area (Å²) in [5.41, 5.74) is 1.03. The fourth-order valence-corrected chi connectivity index (χ4v) is 2.19. The standard InChI is InChI=1S/C13H24N4O/c1-11(2)7-14-8-13-10-17(16-15-13)9-12-3-5-18-6-4-12/h10-12,14H,3-9H2,1-2H3. The van der Waals surface area contributed by atoms with E-state index in [0.29, 0.717) is 11.8 Å². The first-order chi connectivity index (χ1) is 8.74. The van der Waals surface area contributed by atoms with E-state index in [9.17, 15) is 0 Å². The molecule has 0 amide bonds. The molecule has 1 saturated heterocycles. The quantitative estimate of drug-likeness (QED) is 0.832. The number of ether oxygens (including phenoxy) is 1. The Morgan fingerprint density at radius 1 is 1.44 bits per heavy atom. The van der Waals surface area contributed by atoms with Crippen molar-refractivity contribution < 1.29 is 4.74 Å². The van der Waals surface area contributed by atoms with Gasteiger partial charge in [-0.05, 0) is 31.2 Å². The van der Waals surface area contributed by atoms with Crippen molar-refractivity contribution in [2.24, 2.45) is 11.8 Å². The second-order valence-corrected chi connectivity index (χ2v) is 5.51. The molecule has 2 rings (SSSR count). The molecule has 1 fully saturated rings. The minimum atomic E-state index is 0.669. The molecule has 0 aromatic carbocycles. The first-order valence-corrected chi connectivity index (χ1v) is 6.91. The lowest BCUT2D eigenvalue weighted by atomic mass is 10.0. The lowest BCUT2D eigenvalue weighted by molar-refractivity contribution is 0.0600. The summed E-state index contributed by atoms with van der Waals surface area (Å²) in [6, 6.07) is 0. The Hall–Kier alpha value is -0.940. The fourth-order valence-electron chi connectivity index (χ4n) is 2.19. The van der Waals surface area contributed by atoms with Crippen LogP contribution in [-0.4, -0.2) is 34.8 Å². The Labute approximate surface area is 109 Å². The zero-order valence-electron chi connectivity index (χ0n) is 11.4. The van der Waals surface area contributed by atoms with Crippen molar-refractivity contribution in [1.29, 1.82) is 0 Å². The summed E-state index contributed by atoms with van der Waals surface area (Å²) in [5, 5.41) is 11.8. The van der Waals surface area contributed by atoms with Gasteiger partial charge in [-0.15, -0.1) is 5.10 Å². The van der Waals surface area contributed by atoms with E-state index in [0.717, 1.165) is 51.4 Å². The van der Waals surface area contributed by atoms with Gasteiger partial charge in [-0.1, -0.05) is 19.1 Å². The number of aromatic nitrogens is 3. The summed E-state index contributed by atoms with van der Waals surface area (Å²) >= 11 is 0. The van der Waals surface area contributed by atoms with Gasteiger partial charge in [0.15, 0.2) is 0 Å². The fraction of sp³-hybridized carbons (Fsp3) is 0.846. The van der Waals surface area contributed by atoms with Crippen molar-refractivity contribution in [3.8, 4) is 0 Å². The number of hydrogen-bond acceptors (Lipinski definition) is 4. The van der Waals surface area contributed by atoms with E-state index >= 15 is 0 Å². The molecule has 1 aliphatic rings. The average Bonchev–Trinajstić information content (AvgIpc) is 2.78. The molecule has 2 heterocycles. The van der Waals surface area contributed by atoms with Crippen LogP contribution in [0, 0.1) is 11.8 Å². The van der Waals surface area contributed by atoms with E-state index in [1.807, 2.05) is 4.68 Å². The van der Waals surface area contributed by atoms with Crippen LogP contribution in [0.1, 0.15) is 32.4 Å². The summed E-state index contributed by atoms with van der Waals surface area (Å²) in [6.07, 6.45) is 4.34. The molecule has 1 N–H and O–H groups in total. The van der Waals surface area contributed by atoms with Gasteiger partial charge in [-0.3, -0.25) is 4.68 Å². The Kier molecular flexibility index (Phi) is 5.13. The van der Waals surface area contributed by atoms with E-state index in [-0.39, 0.29) is 0 Å². The van der Waals surface area contributed by atoms with Crippen LogP contribution in [0.25, 0.3) is 0 Å². The van der Waals surface area contributed by atoms with Crippen LogP contribution in [0.2, 0.25) is 0 Å². The topological polar surface area (TPSA) is 52.0 Å². The van der Waals surface area contributed by atoms with Crippen LogP contribution in [0.4, 0.5) is 0 Å². The van der Waals surface area contributed by atoms with Gasteiger partial charge in [0.2, 0.25) is 0 Å². The molecule has 1 aromatic heterocycles. The van der Waals surface area contributed by atoms with Gasteiger partial charge in [-0.25, -0.2) is 0 Å². The SMILES string of the molecule is CC(C)CNCc1cn(CC2CCOCC2)nn1. The molecule has 5 heteroatoms. The average molecular weight is 252 g/mol. The van der Waals surface area contributed by atoms with Gasteiger partial charge in [0.25, 0.3) is 0 Å². The third kappa shape index (κ3) is 4.38. The normalized spacial score (nSPS) is 17.5. The predicted octanol–water partition coefficient (Wildman–Crippen LogP) is 1.45. The van der Waals surface area contributed by atoms with E-state index in [4.69, 9.17) is 4.74 Å². The maximum Gasteiger partial charge on any atom is 0.0964 e. The second kappa shape index (κ2) is 6.85. The second-order valence-electron chi connectivity index (χ2n) is 5.51. The highest BCUT2D eigenvalue weighted by molar-refractivity contribution is 4.91. The van der Waals surface area contributed by atoms with Crippen LogP contribution in [0.15, 0.2) is 6.20 Å². The van der Waals surface area contributed by atoms with Gasteiger partial charge in [0.05, 0.1) is 5.69 Å². The lowest BCUT2D eigenvalue weighted by Crippen LogP contribution is -2.20. The van der Waals surface area contributed by atoms with Crippen molar-refractivity contribution in [3.05, 3.63) is 11.9 Å². The molecule has 0 unspecified atom stereocenters. The zero-order chi connectivity index (χ0) is 12.8. The number of nitrogens with zero attached hydrogens (tertiary/aromatic N) is 3. The largest absolute Gasteiger partial charge is 0.381 e. The maximum atomic E-state index is 5.36. The van der Waals surface area contributed by atoms with E-state index in [1.165, 1.54) is 0 Å². The van der Waals surface area contributed by atoms with Gasteiger partial charge in [0.1, 0.15) is 0 Å². The highest BCUT2D eigenvalue weighted by Gasteiger charge is 2.15. The smallest absolute Gasteiger partial charge is 0.0964 e. The molecule has 0 bridgehead atoms. The van der Waals surface area contributed by atoms with Crippen molar-refractivity contribution in [2.45, 2.75) is 39.8 Å². The summed E-state index contributed by atoms with van der Waals surface area (Å²) in [5.74, 6) is 1.36. The molecule has 102 valence electrons. The highest BCUT2D eigenvalue weighted by atomic mass is 16.5. The highest BCUT2D eigenvalue weighted by Crippen LogP contribution is 2.16. The maximum absolute atomic E-state index is 5.36. The van der Waals surface area contributed by atoms with Gasteiger partial charge in [0, 0.05) is 32.5 Å². The van der Waals surface area contributed by atoms with Gasteiger partial charge in [-0.2, -0.15) is 0 Å². The van der Waals surface area contributed by atoms with Crippen molar-refractivity contribution in [3.63, 3.8) is 0 Å². The van der Waals surface area contributed by atoms with E-state index in [1.54, 1.807) is 0 Å². The molecule has 0 saturated carbocycles. The summed E-state index contributed by atoms with van der Waals surface area (Å²) in [6.45, 7) is 8.99. The van der Waals surface area contributed by atoms with Crippen molar-refractivity contribution in [2.75, 3.05) is 19.8 Å². The van der Waals surface area contributed by atoms with Crippen LogP contribution in [0.5, 0.6) is 0 Å². The molecule has 18 heavy (non-hydrogen) atoms. The molecule has 5 nitrogen and oxygen atoms in total. The third-order valence-electron chi connectivity index (χ3n) is 3.23. The minimum Gasteiger partial charge on any atom is -0.381 e. The molecular weight excluding hydrogens is 228 g/mol. The summed E-state index contributed by atoms with van der Waals surface area (Å²) in [7, 11) is 0. The first kappa shape index (κ1) is 13.5. The molecule has 0 atom stereocenters. The molecule has 1 aliphatic heterocycles. The van der Waals surface area contributed by atoms with Crippen LogP contribution in [0.3, 0.4) is 0 Å². The van der Waals surface area contributed by atoms with Gasteiger partial charge >= 0.3 is 0 Å². The van der Waals surface area contributed by atoms with E-state index < -0.39 is 0 Å². The number of rotatable bonds is 6. The molecule has 0 spiro atoms. The predicted molar refractivity (Wildman–Crippen MR) is 70.1 cm³/mol. The number of nitrogens with one attached hydrogen (secondary N) is 1. The van der Waals surface area contributed by atoms with Crippen LogP contribution < -0.4 is 5.32 Å². The summed E-state index contributed by atoms with van der Waals surface area (Å²) < 4.78 is 7.34. The first-order valence-electron chi connectivity index (χ1n) is 6.91. The third-order valence-corrected chi connectivity index (χ3v) is 3.23. The Balaban J connectivity index is 1.74.